The monoisotopic (exact) mass is 242 g/mol. The molecular formula is C15H18N2O. The predicted molar refractivity (Wildman–Crippen MR) is 71.3 cm³/mol. The normalized spacial score (nSPS) is 26.8. The maximum atomic E-state index is 11.9. The van der Waals surface area contributed by atoms with Crippen molar-refractivity contribution in [3.05, 3.63) is 35.9 Å². The van der Waals surface area contributed by atoms with Crippen LogP contribution in [0.15, 0.2) is 35.4 Å². The number of carbonyl (C=O) groups excluding carboxylic acids is 1. The van der Waals surface area contributed by atoms with Gasteiger partial charge in [0.25, 0.3) is 0 Å². The molecule has 2 unspecified atom stereocenters. The molecule has 0 aliphatic heterocycles. The van der Waals surface area contributed by atoms with E-state index in [9.17, 15) is 4.79 Å². The number of nitrogens with one attached hydrogen (secondary N) is 1. The van der Waals surface area contributed by atoms with Gasteiger partial charge in [0, 0.05) is 11.6 Å². The van der Waals surface area contributed by atoms with Crippen LogP contribution < -0.4 is 5.43 Å². The molecule has 3 heteroatoms. The second-order valence-electron chi connectivity index (χ2n) is 5.36. The highest BCUT2D eigenvalue weighted by Gasteiger charge is 2.43. The minimum atomic E-state index is 0.0730. The summed E-state index contributed by atoms with van der Waals surface area (Å²) in [4.78, 5) is 11.9. The Kier molecular flexibility index (Phi) is 2.90. The number of amides is 1. The molecule has 2 saturated carbocycles. The number of hydrogen-bond donors (Lipinski definition) is 1. The summed E-state index contributed by atoms with van der Waals surface area (Å²) >= 11 is 0. The van der Waals surface area contributed by atoms with Crippen molar-refractivity contribution in [1.82, 2.24) is 5.43 Å². The highest BCUT2D eigenvalue weighted by atomic mass is 16.2. The van der Waals surface area contributed by atoms with E-state index in [4.69, 9.17) is 0 Å². The van der Waals surface area contributed by atoms with E-state index >= 15 is 0 Å². The van der Waals surface area contributed by atoms with Gasteiger partial charge in [0.2, 0.25) is 5.91 Å². The molecule has 2 aliphatic rings. The van der Waals surface area contributed by atoms with Crippen LogP contribution in [-0.4, -0.2) is 11.6 Å². The van der Waals surface area contributed by atoms with Gasteiger partial charge in [-0.25, -0.2) is 5.43 Å². The largest absolute Gasteiger partial charge is 0.273 e. The Hall–Kier alpha value is -1.64. The van der Waals surface area contributed by atoms with E-state index in [1.165, 1.54) is 18.4 Å². The van der Waals surface area contributed by atoms with Crippen LogP contribution >= 0.6 is 0 Å². The van der Waals surface area contributed by atoms with Crippen molar-refractivity contribution in [2.75, 3.05) is 0 Å². The second-order valence-corrected chi connectivity index (χ2v) is 5.36. The Bertz CT molecular complexity index is 477. The van der Waals surface area contributed by atoms with Gasteiger partial charge in [-0.1, -0.05) is 30.3 Å². The van der Waals surface area contributed by atoms with E-state index in [0.717, 1.165) is 12.1 Å². The van der Waals surface area contributed by atoms with Gasteiger partial charge in [0.15, 0.2) is 0 Å². The zero-order valence-corrected chi connectivity index (χ0v) is 10.6. The lowest BCUT2D eigenvalue weighted by Gasteiger charge is -2.01. The average molecular weight is 242 g/mol. The van der Waals surface area contributed by atoms with E-state index in [1.54, 1.807) is 0 Å². The van der Waals surface area contributed by atoms with Gasteiger partial charge < -0.3 is 0 Å². The van der Waals surface area contributed by atoms with Crippen molar-refractivity contribution in [3.63, 3.8) is 0 Å². The molecule has 1 N–H and O–H groups in total. The fourth-order valence-electron chi connectivity index (χ4n) is 2.37. The highest BCUT2D eigenvalue weighted by Crippen LogP contribution is 2.47. The molecule has 1 aromatic rings. The van der Waals surface area contributed by atoms with Crippen molar-refractivity contribution in [3.8, 4) is 0 Å². The van der Waals surface area contributed by atoms with Crippen LogP contribution in [0, 0.1) is 11.8 Å². The number of rotatable bonds is 4. The molecule has 94 valence electrons. The zero-order valence-electron chi connectivity index (χ0n) is 10.6. The Morgan fingerprint density at radius 1 is 1.28 bits per heavy atom. The number of hydrogen-bond acceptors (Lipinski definition) is 2. The third-order valence-electron chi connectivity index (χ3n) is 3.87. The van der Waals surface area contributed by atoms with Gasteiger partial charge in [0.05, 0.1) is 0 Å². The van der Waals surface area contributed by atoms with Crippen molar-refractivity contribution in [2.45, 2.75) is 32.1 Å². The summed E-state index contributed by atoms with van der Waals surface area (Å²) < 4.78 is 0. The Morgan fingerprint density at radius 3 is 2.67 bits per heavy atom. The molecule has 3 rings (SSSR count). The van der Waals surface area contributed by atoms with E-state index in [-0.39, 0.29) is 11.8 Å². The summed E-state index contributed by atoms with van der Waals surface area (Å²) in [6.45, 7) is 2.00. The molecule has 0 spiro atoms. The fourth-order valence-corrected chi connectivity index (χ4v) is 2.37. The zero-order chi connectivity index (χ0) is 12.5. The lowest BCUT2D eigenvalue weighted by Crippen LogP contribution is -2.21. The second kappa shape index (κ2) is 4.56. The third kappa shape index (κ3) is 2.45. The van der Waals surface area contributed by atoms with Gasteiger partial charge in [0.1, 0.15) is 0 Å². The highest BCUT2D eigenvalue weighted by molar-refractivity contribution is 5.89. The molecule has 2 atom stereocenters. The van der Waals surface area contributed by atoms with Crippen LogP contribution in [0.25, 0.3) is 0 Å². The molecule has 0 bridgehead atoms. The van der Waals surface area contributed by atoms with Crippen molar-refractivity contribution >= 4 is 11.6 Å². The SMILES string of the molecule is C/C(=N\NC(=O)C1CC1c1ccccc1)C1CC1. The fraction of sp³-hybridized carbons (Fsp3) is 0.467. The van der Waals surface area contributed by atoms with E-state index in [1.807, 2.05) is 25.1 Å². The molecule has 18 heavy (non-hydrogen) atoms. The summed E-state index contributed by atoms with van der Waals surface area (Å²) in [6, 6.07) is 10.2. The molecule has 0 aromatic heterocycles. The van der Waals surface area contributed by atoms with Crippen LogP contribution in [0.4, 0.5) is 0 Å². The van der Waals surface area contributed by atoms with Crippen molar-refractivity contribution in [1.29, 1.82) is 0 Å². The first kappa shape index (κ1) is 11.5. The van der Waals surface area contributed by atoms with Crippen molar-refractivity contribution in [2.24, 2.45) is 16.9 Å². The molecule has 0 heterocycles. The lowest BCUT2D eigenvalue weighted by atomic mass is 10.1. The number of carbonyl (C=O) groups is 1. The van der Waals surface area contributed by atoms with Gasteiger partial charge in [-0.05, 0) is 43.6 Å². The van der Waals surface area contributed by atoms with Gasteiger partial charge >= 0.3 is 0 Å². The Labute approximate surface area is 107 Å². The van der Waals surface area contributed by atoms with Crippen molar-refractivity contribution < 1.29 is 4.79 Å². The molecule has 2 aliphatic carbocycles. The van der Waals surface area contributed by atoms with Crippen LogP contribution in [0.3, 0.4) is 0 Å². The van der Waals surface area contributed by atoms with Crippen LogP contribution in [0.2, 0.25) is 0 Å². The van der Waals surface area contributed by atoms with Gasteiger partial charge in [-0.2, -0.15) is 5.10 Å². The van der Waals surface area contributed by atoms with Gasteiger partial charge in [-0.15, -0.1) is 0 Å². The first-order valence-electron chi connectivity index (χ1n) is 6.64. The summed E-state index contributed by atoms with van der Waals surface area (Å²) in [5.74, 6) is 1.20. The Balaban J connectivity index is 1.54. The summed E-state index contributed by atoms with van der Waals surface area (Å²) in [6.07, 6.45) is 3.40. The molecule has 0 saturated heterocycles. The third-order valence-corrected chi connectivity index (χ3v) is 3.87. The summed E-state index contributed by atoms with van der Waals surface area (Å²) in [5.41, 5.74) is 5.05. The van der Waals surface area contributed by atoms with Gasteiger partial charge in [-0.3, -0.25) is 4.79 Å². The molecule has 1 amide bonds. The molecule has 1 aromatic carbocycles. The Morgan fingerprint density at radius 2 is 2.00 bits per heavy atom. The van der Waals surface area contributed by atoms with Crippen LogP contribution in [0.5, 0.6) is 0 Å². The smallest absolute Gasteiger partial charge is 0.243 e. The standard InChI is InChI=1S/C15H18N2O/c1-10(11-7-8-11)16-17-15(18)14-9-13(14)12-5-3-2-4-6-12/h2-6,11,13-14H,7-9H2,1H3,(H,17,18)/b16-10+. The van der Waals surface area contributed by atoms with E-state index < -0.39 is 0 Å². The molecule has 2 fully saturated rings. The predicted octanol–water partition coefficient (Wildman–Crippen LogP) is 2.69. The van der Waals surface area contributed by atoms with E-state index in [0.29, 0.717) is 11.8 Å². The molecular weight excluding hydrogens is 224 g/mol. The maximum Gasteiger partial charge on any atom is 0.243 e. The quantitative estimate of drug-likeness (QED) is 0.640. The molecule has 3 nitrogen and oxygen atoms in total. The summed E-state index contributed by atoms with van der Waals surface area (Å²) in [7, 11) is 0. The number of benzene rings is 1. The number of nitrogens with zero attached hydrogens (tertiary/aromatic N) is 1. The first-order valence-corrected chi connectivity index (χ1v) is 6.64. The molecule has 0 radical (unpaired) electrons. The minimum Gasteiger partial charge on any atom is -0.273 e. The van der Waals surface area contributed by atoms with Crippen LogP contribution in [-0.2, 0) is 4.79 Å². The number of hydrazone groups is 1. The minimum absolute atomic E-state index is 0.0730. The van der Waals surface area contributed by atoms with E-state index in [2.05, 4.69) is 22.7 Å². The lowest BCUT2D eigenvalue weighted by molar-refractivity contribution is -0.122. The topological polar surface area (TPSA) is 41.5 Å². The van der Waals surface area contributed by atoms with Crippen LogP contribution in [0.1, 0.15) is 37.7 Å². The average Bonchev–Trinajstić information content (AvgIpc) is 3.29. The summed E-state index contributed by atoms with van der Waals surface area (Å²) in [5, 5.41) is 4.19. The first-order chi connectivity index (χ1) is 8.75. The maximum absolute atomic E-state index is 11.9.